The molecular formula is C19H17ClN2O4. The standard InChI is InChI=1S/C19H17ClN2O4/c1-12-3-8-16(20)17(9-12)25-11-18(23)26-13(2)19(24)22-15-6-4-14(10-21)5-7-15/h3-9,13H,11H2,1-2H3,(H,22,24)/t13-/m1/s1. The minimum absolute atomic E-state index is 0.363. The van der Waals surface area contributed by atoms with E-state index in [1.807, 2.05) is 19.1 Å². The Labute approximate surface area is 156 Å². The maximum absolute atomic E-state index is 12.1. The van der Waals surface area contributed by atoms with Crippen molar-refractivity contribution in [3.63, 3.8) is 0 Å². The summed E-state index contributed by atoms with van der Waals surface area (Å²) >= 11 is 5.99. The number of hydrogen-bond acceptors (Lipinski definition) is 5. The van der Waals surface area contributed by atoms with Crippen LogP contribution in [0, 0.1) is 18.3 Å². The Balaban J connectivity index is 1.84. The van der Waals surface area contributed by atoms with Crippen molar-refractivity contribution in [2.75, 3.05) is 11.9 Å². The first kappa shape index (κ1) is 19.3. The molecule has 2 rings (SSSR count). The zero-order chi connectivity index (χ0) is 19.1. The van der Waals surface area contributed by atoms with Gasteiger partial charge in [-0.2, -0.15) is 5.26 Å². The van der Waals surface area contributed by atoms with Gasteiger partial charge in [-0.25, -0.2) is 4.79 Å². The molecule has 0 heterocycles. The summed E-state index contributed by atoms with van der Waals surface area (Å²) in [5, 5.41) is 11.7. The van der Waals surface area contributed by atoms with E-state index in [1.165, 1.54) is 6.92 Å². The van der Waals surface area contributed by atoms with Crippen LogP contribution in [-0.2, 0) is 14.3 Å². The number of nitriles is 1. The number of aryl methyl sites for hydroxylation is 1. The SMILES string of the molecule is Cc1ccc(Cl)c(OCC(=O)O[C@H](C)C(=O)Nc2ccc(C#N)cc2)c1. The van der Waals surface area contributed by atoms with Gasteiger partial charge in [-0.3, -0.25) is 4.79 Å². The molecule has 134 valence electrons. The molecule has 0 saturated carbocycles. The van der Waals surface area contributed by atoms with Crippen molar-refractivity contribution >= 4 is 29.2 Å². The lowest BCUT2D eigenvalue weighted by Gasteiger charge is -2.14. The van der Waals surface area contributed by atoms with Gasteiger partial charge in [-0.05, 0) is 55.8 Å². The van der Waals surface area contributed by atoms with E-state index in [4.69, 9.17) is 26.3 Å². The lowest BCUT2D eigenvalue weighted by Crippen LogP contribution is -2.31. The largest absolute Gasteiger partial charge is 0.480 e. The molecule has 0 aliphatic carbocycles. The molecule has 2 aromatic rings. The summed E-state index contributed by atoms with van der Waals surface area (Å²) in [5.41, 5.74) is 1.92. The van der Waals surface area contributed by atoms with Gasteiger partial charge in [0.05, 0.1) is 16.7 Å². The minimum Gasteiger partial charge on any atom is -0.480 e. The van der Waals surface area contributed by atoms with Gasteiger partial charge < -0.3 is 14.8 Å². The van der Waals surface area contributed by atoms with Crippen LogP contribution in [0.4, 0.5) is 5.69 Å². The number of benzene rings is 2. The zero-order valence-corrected chi connectivity index (χ0v) is 15.0. The summed E-state index contributed by atoms with van der Waals surface area (Å²) in [6.07, 6.45) is -1.00. The van der Waals surface area contributed by atoms with Gasteiger partial charge in [0.15, 0.2) is 12.7 Å². The molecule has 26 heavy (non-hydrogen) atoms. The first-order chi connectivity index (χ1) is 12.4. The Morgan fingerprint density at radius 1 is 1.23 bits per heavy atom. The van der Waals surface area contributed by atoms with Gasteiger partial charge in [0.2, 0.25) is 0 Å². The number of rotatable bonds is 6. The van der Waals surface area contributed by atoms with Crippen LogP contribution >= 0.6 is 11.6 Å². The molecule has 1 amide bonds. The molecule has 0 radical (unpaired) electrons. The topological polar surface area (TPSA) is 88.4 Å². The summed E-state index contributed by atoms with van der Waals surface area (Å²) < 4.78 is 10.4. The molecule has 1 N–H and O–H groups in total. The molecule has 7 heteroatoms. The summed E-state index contributed by atoms with van der Waals surface area (Å²) in [6.45, 7) is 2.96. The van der Waals surface area contributed by atoms with E-state index >= 15 is 0 Å². The number of amides is 1. The molecule has 2 aromatic carbocycles. The summed E-state index contributed by atoms with van der Waals surface area (Å²) in [6, 6.07) is 13.5. The highest BCUT2D eigenvalue weighted by Gasteiger charge is 2.18. The first-order valence-electron chi connectivity index (χ1n) is 7.78. The Bertz CT molecular complexity index is 844. The Morgan fingerprint density at radius 3 is 2.58 bits per heavy atom. The average Bonchev–Trinajstić information content (AvgIpc) is 2.63. The summed E-state index contributed by atoms with van der Waals surface area (Å²) in [5.74, 6) is -0.806. The molecule has 0 unspecified atom stereocenters. The van der Waals surface area contributed by atoms with Crippen LogP contribution in [0.5, 0.6) is 5.75 Å². The predicted molar refractivity (Wildman–Crippen MR) is 97.0 cm³/mol. The molecule has 6 nitrogen and oxygen atoms in total. The number of halogens is 1. The Hall–Kier alpha value is -3.04. The van der Waals surface area contributed by atoms with Crippen molar-refractivity contribution < 1.29 is 19.1 Å². The van der Waals surface area contributed by atoms with Gasteiger partial charge in [0.25, 0.3) is 5.91 Å². The van der Waals surface area contributed by atoms with Crippen molar-refractivity contribution in [2.24, 2.45) is 0 Å². The summed E-state index contributed by atoms with van der Waals surface area (Å²) in [7, 11) is 0. The number of carbonyl (C=O) groups excluding carboxylic acids is 2. The van der Waals surface area contributed by atoms with Crippen LogP contribution in [-0.4, -0.2) is 24.6 Å². The molecule has 0 fully saturated rings. The molecule has 0 aliphatic rings. The van der Waals surface area contributed by atoms with E-state index in [9.17, 15) is 9.59 Å². The highest BCUT2D eigenvalue weighted by molar-refractivity contribution is 6.32. The maximum Gasteiger partial charge on any atom is 0.344 e. The van der Waals surface area contributed by atoms with Crippen molar-refractivity contribution in [2.45, 2.75) is 20.0 Å². The fraction of sp³-hybridized carbons (Fsp3) is 0.211. The van der Waals surface area contributed by atoms with Crippen LogP contribution in [0.2, 0.25) is 5.02 Å². The third-order valence-electron chi connectivity index (χ3n) is 3.39. The van der Waals surface area contributed by atoms with Gasteiger partial charge in [-0.1, -0.05) is 17.7 Å². The number of nitrogens with zero attached hydrogens (tertiary/aromatic N) is 1. The highest BCUT2D eigenvalue weighted by atomic mass is 35.5. The lowest BCUT2D eigenvalue weighted by molar-refractivity contribution is -0.155. The molecule has 0 saturated heterocycles. The van der Waals surface area contributed by atoms with Crippen molar-refractivity contribution in [1.82, 2.24) is 0 Å². The van der Waals surface area contributed by atoms with E-state index in [2.05, 4.69) is 5.32 Å². The maximum atomic E-state index is 12.1. The number of esters is 1. The molecule has 0 aromatic heterocycles. The third-order valence-corrected chi connectivity index (χ3v) is 3.70. The van der Waals surface area contributed by atoms with Crippen LogP contribution in [0.3, 0.4) is 0 Å². The smallest absolute Gasteiger partial charge is 0.344 e. The molecule has 1 atom stereocenters. The fourth-order valence-electron chi connectivity index (χ4n) is 2.01. The minimum atomic E-state index is -1.00. The van der Waals surface area contributed by atoms with Crippen molar-refractivity contribution in [1.29, 1.82) is 5.26 Å². The second-order valence-electron chi connectivity index (χ2n) is 5.53. The van der Waals surface area contributed by atoms with Crippen molar-refractivity contribution in [3.05, 3.63) is 58.6 Å². The Morgan fingerprint density at radius 2 is 1.92 bits per heavy atom. The number of anilines is 1. The predicted octanol–water partition coefficient (Wildman–Crippen LogP) is 3.47. The van der Waals surface area contributed by atoms with Crippen LogP contribution < -0.4 is 10.1 Å². The second-order valence-corrected chi connectivity index (χ2v) is 5.94. The van der Waals surface area contributed by atoms with E-state index < -0.39 is 18.0 Å². The average molecular weight is 373 g/mol. The number of carbonyl (C=O) groups is 2. The third kappa shape index (κ3) is 5.50. The zero-order valence-electron chi connectivity index (χ0n) is 14.3. The van der Waals surface area contributed by atoms with E-state index in [-0.39, 0.29) is 6.61 Å². The number of ether oxygens (including phenoxy) is 2. The van der Waals surface area contributed by atoms with Crippen LogP contribution in [0.15, 0.2) is 42.5 Å². The number of nitrogens with one attached hydrogen (secondary N) is 1. The second kappa shape index (κ2) is 8.88. The normalized spacial score (nSPS) is 11.2. The molecule has 0 bridgehead atoms. The van der Waals surface area contributed by atoms with Gasteiger partial charge in [-0.15, -0.1) is 0 Å². The number of hydrogen-bond donors (Lipinski definition) is 1. The molecular weight excluding hydrogens is 356 g/mol. The molecule has 0 aliphatic heterocycles. The van der Waals surface area contributed by atoms with Crippen LogP contribution in [0.1, 0.15) is 18.1 Å². The highest BCUT2D eigenvalue weighted by Crippen LogP contribution is 2.25. The van der Waals surface area contributed by atoms with Crippen LogP contribution in [0.25, 0.3) is 0 Å². The summed E-state index contributed by atoms with van der Waals surface area (Å²) in [4.78, 5) is 23.9. The van der Waals surface area contributed by atoms with Gasteiger partial charge in [0.1, 0.15) is 5.75 Å². The first-order valence-corrected chi connectivity index (χ1v) is 8.16. The quantitative estimate of drug-likeness (QED) is 0.784. The van der Waals surface area contributed by atoms with E-state index in [0.29, 0.717) is 22.0 Å². The monoisotopic (exact) mass is 372 g/mol. The van der Waals surface area contributed by atoms with E-state index in [1.54, 1.807) is 36.4 Å². The Kier molecular flexibility index (Phi) is 6.59. The lowest BCUT2D eigenvalue weighted by atomic mass is 10.2. The van der Waals surface area contributed by atoms with Gasteiger partial charge >= 0.3 is 5.97 Å². The fourth-order valence-corrected chi connectivity index (χ4v) is 2.19. The molecule has 0 spiro atoms. The van der Waals surface area contributed by atoms with Gasteiger partial charge in [0, 0.05) is 5.69 Å². The van der Waals surface area contributed by atoms with E-state index in [0.717, 1.165) is 5.56 Å². The van der Waals surface area contributed by atoms with Crippen molar-refractivity contribution in [3.8, 4) is 11.8 Å².